The second-order valence-corrected chi connectivity index (χ2v) is 26.5. The largest absolute Gasteiger partial charge is 0.463 e. The minimum absolute atomic E-state index is 0.0551. The second-order valence-electron chi connectivity index (χ2n) is 26.5. The second kappa shape index (κ2) is 79.4. The molecule has 0 aromatic heterocycles. The smallest absolute Gasteiger partial charge is 0.320 e. The van der Waals surface area contributed by atoms with E-state index in [0.29, 0.717) is 277 Å². The summed E-state index contributed by atoms with van der Waals surface area (Å²) in [4.78, 5) is 99.5. The first-order valence-electron chi connectivity index (χ1n) is 40.1. The molecule has 0 spiro atoms. The van der Waals surface area contributed by atoms with E-state index in [2.05, 4.69) is 0 Å². The monoisotopic (exact) mass is 1650 g/mol. The van der Waals surface area contributed by atoms with Crippen molar-refractivity contribution < 1.29 is 171 Å². The molecule has 0 rings (SSSR count). The predicted octanol–water partition coefficient (Wildman–Crippen LogP) is 3.95. The third-order valence-corrected chi connectivity index (χ3v) is 15.4. The van der Waals surface area contributed by atoms with Crippen LogP contribution in [-0.4, -0.2) is 378 Å². The molecule has 4 unspecified atom stereocenters. The van der Waals surface area contributed by atoms with Gasteiger partial charge in [0.15, 0.2) is 23.4 Å². The number of Topliss-reactive ketones (excluding diaryl/α,β-unsaturated/α-hetero) is 2. The number of ether oxygens (including phenoxy) is 28. The lowest BCUT2D eigenvalue weighted by Crippen LogP contribution is -2.35. The quantitative estimate of drug-likeness (QED) is 0.0360. The number of ketones is 2. The normalized spacial score (nSPS) is 12.8. The molecule has 0 saturated heterocycles. The maximum atomic E-state index is 12.5. The predicted molar refractivity (Wildman–Crippen MR) is 408 cm³/mol. The lowest BCUT2D eigenvalue weighted by atomic mass is 9.82. The molecule has 0 heterocycles. The van der Waals surface area contributed by atoms with Gasteiger partial charge in [0.25, 0.3) is 0 Å². The molecule has 36 nitrogen and oxygen atoms in total. The first kappa shape index (κ1) is 109. The Balaban J connectivity index is 3.33. The van der Waals surface area contributed by atoms with E-state index in [4.69, 9.17) is 133 Å². The standard InChI is InChI=1S/C78H142O36/c1-11-65(69(79)77(5,6)7)71(81)111-61-63-113-75(85)67(13-3)73(83)109-59-57-107-55-53-105-51-49-103-47-45-101-43-41-99-39-37-97-35-33-95-31-29-93-27-25-91-23-21-89-19-17-87-15-16-88-18-20-90-22-24-92-26-28-94-30-32-96-34-36-98-38-40-100-42-44-102-46-48-104-50-52-106-54-56-108-58-60-110-74(84)68(14-4)76(86)114-64-62-112-72(82)66(12-2)70(80)78(8,9)10/h65-68H,11-64H2,1-10H3. The topological polar surface area (TPSA) is 395 Å². The average molecular weight is 1660 g/mol. The van der Waals surface area contributed by atoms with Crippen molar-refractivity contribution in [3.05, 3.63) is 0 Å². The molecule has 36 heteroatoms. The highest BCUT2D eigenvalue weighted by Crippen LogP contribution is 2.25. The molecule has 0 bridgehead atoms. The molecule has 0 radical (unpaired) electrons. The van der Waals surface area contributed by atoms with E-state index in [-0.39, 0.29) is 90.5 Å². The molecule has 0 aliphatic rings. The zero-order valence-electron chi connectivity index (χ0n) is 70.2. The van der Waals surface area contributed by atoms with Crippen LogP contribution in [0.3, 0.4) is 0 Å². The first-order valence-corrected chi connectivity index (χ1v) is 40.1. The lowest BCUT2D eigenvalue weighted by molar-refractivity contribution is -0.167. The fourth-order valence-corrected chi connectivity index (χ4v) is 9.12. The van der Waals surface area contributed by atoms with Gasteiger partial charge in [0, 0.05) is 10.8 Å². The Hall–Kier alpha value is -4.72. The van der Waals surface area contributed by atoms with Crippen molar-refractivity contribution in [2.24, 2.45) is 34.5 Å². The van der Waals surface area contributed by atoms with E-state index >= 15 is 0 Å². The van der Waals surface area contributed by atoms with E-state index in [0.717, 1.165) is 0 Å². The molecule has 0 aliphatic heterocycles. The summed E-state index contributed by atoms with van der Waals surface area (Å²) in [5.74, 6) is -8.91. The van der Waals surface area contributed by atoms with Crippen LogP contribution in [0.2, 0.25) is 0 Å². The molecule has 0 fully saturated rings. The molecular weight excluding hydrogens is 1510 g/mol. The SMILES string of the molecule is CCC(C(=O)OCCOCCOCCOCCOCCOCCOCCOCCOCCOCCOCCOCCOCCOCCOCCOCCOCCOCCOCCOCCOCCOCCOCCOC(=O)C(CC)C(=O)OCCOC(=O)C(CC)C(=O)C(C)(C)C)C(=O)OCCOC(=O)C(CC)C(=O)C(C)(C)C. The summed E-state index contributed by atoms with van der Waals surface area (Å²) in [5, 5.41) is 0. The first-order chi connectivity index (χ1) is 55.3. The Morgan fingerprint density at radius 3 is 0.342 bits per heavy atom. The van der Waals surface area contributed by atoms with Crippen LogP contribution in [0.15, 0.2) is 0 Å². The van der Waals surface area contributed by atoms with Gasteiger partial charge in [0.1, 0.15) is 51.5 Å². The third-order valence-electron chi connectivity index (χ3n) is 15.4. The molecule has 0 aromatic carbocycles. The highest BCUT2D eigenvalue weighted by molar-refractivity contribution is 6.02. The van der Waals surface area contributed by atoms with Crippen molar-refractivity contribution in [2.75, 3.05) is 330 Å². The van der Waals surface area contributed by atoms with Crippen LogP contribution >= 0.6 is 0 Å². The van der Waals surface area contributed by atoms with Crippen LogP contribution in [0.1, 0.15) is 94.9 Å². The van der Waals surface area contributed by atoms with Crippen molar-refractivity contribution in [1.29, 1.82) is 0 Å². The highest BCUT2D eigenvalue weighted by Gasteiger charge is 2.36. The molecule has 670 valence electrons. The minimum Gasteiger partial charge on any atom is -0.463 e. The molecule has 0 aromatic rings. The molecule has 4 atom stereocenters. The van der Waals surface area contributed by atoms with Crippen molar-refractivity contribution in [3.63, 3.8) is 0 Å². The maximum absolute atomic E-state index is 12.5. The van der Waals surface area contributed by atoms with Crippen molar-refractivity contribution in [2.45, 2.75) is 94.9 Å². The lowest BCUT2D eigenvalue weighted by Gasteiger charge is -2.22. The summed E-state index contributed by atoms with van der Waals surface area (Å²) < 4.78 is 152. The number of carbonyl (C=O) groups is 8. The van der Waals surface area contributed by atoms with Gasteiger partial charge in [-0.25, -0.2) is 0 Å². The molecule has 0 N–H and O–H groups in total. The van der Waals surface area contributed by atoms with Crippen molar-refractivity contribution in [1.82, 2.24) is 0 Å². The Bertz CT molecular complexity index is 2140. The van der Waals surface area contributed by atoms with E-state index < -0.39 is 70.3 Å². The van der Waals surface area contributed by atoms with E-state index in [1.165, 1.54) is 0 Å². The molecule has 0 aliphatic carbocycles. The van der Waals surface area contributed by atoms with E-state index in [1.807, 2.05) is 0 Å². The van der Waals surface area contributed by atoms with Gasteiger partial charge in [-0.2, -0.15) is 0 Å². The van der Waals surface area contributed by atoms with Gasteiger partial charge in [0.2, 0.25) is 0 Å². The van der Waals surface area contributed by atoms with Crippen LogP contribution in [0.5, 0.6) is 0 Å². The molecule has 114 heavy (non-hydrogen) atoms. The Morgan fingerprint density at radius 1 is 0.158 bits per heavy atom. The number of rotatable bonds is 87. The van der Waals surface area contributed by atoms with Crippen molar-refractivity contribution >= 4 is 47.4 Å². The average Bonchev–Trinajstić information content (AvgIpc) is 0.860. The van der Waals surface area contributed by atoms with Crippen LogP contribution in [-0.2, 0) is 171 Å². The van der Waals surface area contributed by atoms with Crippen LogP contribution in [0.4, 0.5) is 0 Å². The summed E-state index contributed by atoms with van der Waals surface area (Å²) in [6.07, 6.45) is 0.912. The summed E-state index contributed by atoms with van der Waals surface area (Å²) in [6, 6.07) is 0. The van der Waals surface area contributed by atoms with Gasteiger partial charge in [-0.1, -0.05) is 69.2 Å². The summed E-state index contributed by atoms with van der Waals surface area (Å²) in [6.45, 7) is 34.0. The summed E-state index contributed by atoms with van der Waals surface area (Å²) in [5.41, 5.74) is -1.39. The van der Waals surface area contributed by atoms with Crippen LogP contribution in [0.25, 0.3) is 0 Å². The van der Waals surface area contributed by atoms with Gasteiger partial charge in [-0.3, -0.25) is 38.4 Å². The number of hydrogen-bond acceptors (Lipinski definition) is 36. The molecular formula is C78H142O36. The van der Waals surface area contributed by atoms with Crippen LogP contribution in [0, 0.1) is 34.5 Å². The molecule has 0 amide bonds. The number of esters is 6. The fourth-order valence-electron chi connectivity index (χ4n) is 9.12. The van der Waals surface area contributed by atoms with Crippen LogP contribution < -0.4 is 0 Å². The third kappa shape index (κ3) is 67.2. The van der Waals surface area contributed by atoms with Crippen molar-refractivity contribution in [3.8, 4) is 0 Å². The Labute approximate surface area is 675 Å². The minimum atomic E-state index is -1.13. The zero-order valence-corrected chi connectivity index (χ0v) is 70.2. The van der Waals surface area contributed by atoms with Gasteiger partial charge >= 0.3 is 35.8 Å². The van der Waals surface area contributed by atoms with Gasteiger partial charge in [-0.15, -0.1) is 0 Å². The van der Waals surface area contributed by atoms with E-state index in [9.17, 15) is 38.4 Å². The van der Waals surface area contributed by atoms with Gasteiger partial charge < -0.3 is 133 Å². The zero-order chi connectivity index (χ0) is 83.9. The Morgan fingerprint density at radius 2 is 0.246 bits per heavy atom. The summed E-state index contributed by atoms with van der Waals surface area (Å²) >= 11 is 0. The highest BCUT2D eigenvalue weighted by atomic mass is 16.6. The summed E-state index contributed by atoms with van der Waals surface area (Å²) in [7, 11) is 0. The fraction of sp³-hybridized carbons (Fsp3) is 0.897. The van der Waals surface area contributed by atoms with Gasteiger partial charge in [0.05, 0.1) is 291 Å². The number of hydrogen-bond donors (Lipinski definition) is 0. The molecule has 0 saturated carbocycles. The maximum Gasteiger partial charge on any atom is 0.320 e. The van der Waals surface area contributed by atoms with Gasteiger partial charge in [-0.05, 0) is 25.7 Å². The number of carbonyl (C=O) groups excluding carboxylic acids is 8. The van der Waals surface area contributed by atoms with E-state index in [1.54, 1.807) is 69.2 Å². The Kier molecular flexibility index (Phi) is 76.1.